The van der Waals surface area contributed by atoms with E-state index in [-0.39, 0.29) is 12.5 Å². The van der Waals surface area contributed by atoms with E-state index in [0.29, 0.717) is 38.5 Å². The van der Waals surface area contributed by atoms with Crippen molar-refractivity contribution in [3.63, 3.8) is 0 Å². The van der Waals surface area contributed by atoms with Gasteiger partial charge in [-0.1, -0.05) is 45.4 Å². The molecule has 172 valence electrons. The van der Waals surface area contributed by atoms with Crippen LogP contribution in [0.4, 0.5) is 0 Å². The summed E-state index contributed by atoms with van der Waals surface area (Å²) in [7, 11) is 2.53. The van der Waals surface area contributed by atoms with Crippen LogP contribution in [0.3, 0.4) is 0 Å². The Hall–Kier alpha value is -1.96. The minimum atomic E-state index is -1.39. The number of carbonyl (C=O) groups is 4. The summed E-state index contributed by atoms with van der Waals surface area (Å²) in [5.74, 6) is -3.39. The van der Waals surface area contributed by atoms with E-state index in [1.54, 1.807) is 0 Å². The first-order chi connectivity index (χ1) is 14.4. The lowest BCUT2D eigenvalue weighted by Gasteiger charge is -2.24. The zero-order valence-corrected chi connectivity index (χ0v) is 18.6. The molecule has 1 aliphatic rings. The molecule has 8 heteroatoms. The largest absolute Gasteiger partial charge is 0.469 e. The zero-order chi connectivity index (χ0) is 22.5. The van der Waals surface area contributed by atoms with Gasteiger partial charge < -0.3 is 19.5 Å². The van der Waals surface area contributed by atoms with Gasteiger partial charge in [-0.15, -0.1) is 0 Å². The lowest BCUT2D eigenvalue weighted by atomic mass is 9.98. The van der Waals surface area contributed by atoms with E-state index in [2.05, 4.69) is 16.4 Å². The van der Waals surface area contributed by atoms with Gasteiger partial charge in [0.25, 0.3) is 0 Å². The van der Waals surface area contributed by atoms with Crippen molar-refractivity contribution in [3.8, 4) is 0 Å². The summed E-state index contributed by atoms with van der Waals surface area (Å²) in [6, 6.07) is -0.662. The highest BCUT2D eigenvalue weighted by Gasteiger charge is 2.50. The molecule has 0 radical (unpaired) electrons. The predicted molar refractivity (Wildman–Crippen MR) is 110 cm³/mol. The van der Waals surface area contributed by atoms with Gasteiger partial charge in [0.05, 0.1) is 26.4 Å². The van der Waals surface area contributed by atoms with Crippen LogP contribution in [0.25, 0.3) is 0 Å². The number of likely N-dealkylation sites (tertiary alicyclic amines) is 1. The summed E-state index contributed by atoms with van der Waals surface area (Å²) in [6.45, 7) is 2.34. The van der Waals surface area contributed by atoms with Gasteiger partial charge in [-0.3, -0.25) is 19.2 Å². The van der Waals surface area contributed by atoms with Crippen LogP contribution in [0.5, 0.6) is 0 Å². The topological polar surface area (TPSA) is 110 Å². The smallest absolute Gasteiger partial charge is 0.325 e. The number of carbonyl (C=O) groups excluding carboxylic acids is 4. The molecule has 3 atom stereocenters. The van der Waals surface area contributed by atoms with E-state index in [1.165, 1.54) is 19.1 Å². The number of ether oxygens (including phenoxy) is 2. The van der Waals surface area contributed by atoms with Crippen LogP contribution in [0.15, 0.2) is 0 Å². The van der Waals surface area contributed by atoms with E-state index in [4.69, 9.17) is 0 Å². The average molecular weight is 428 g/mol. The molecule has 1 aliphatic heterocycles. The molecular weight excluding hydrogens is 390 g/mol. The number of amides is 1. The Morgan fingerprint density at radius 3 is 2.33 bits per heavy atom. The van der Waals surface area contributed by atoms with Gasteiger partial charge in [0.1, 0.15) is 0 Å². The number of aliphatic hydroxyl groups excluding tert-OH is 1. The Bertz CT molecular complexity index is 578. The lowest BCUT2D eigenvalue weighted by molar-refractivity contribution is -0.152. The quantitative estimate of drug-likeness (QED) is 0.243. The Morgan fingerprint density at radius 1 is 1.00 bits per heavy atom. The third kappa shape index (κ3) is 8.05. The van der Waals surface area contributed by atoms with Crippen LogP contribution >= 0.6 is 0 Å². The van der Waals surface area contributed by atoms with Crippen molar-refractivity contribution in [1.29, 1.82) is 0 Å². The number of nitrogens with zero attached hydrogens (tertiary/aromatic N) is 1. The summed E-state index contributed by atoms with van der Waals surface area (Å²) >= 11 is 0. The Labute approximate surface area is 179 Å². The van der Waals surface area contributed by atoms with E-state index in [0.717, 1.165) is 32.1 Å². The number of methoxy groups -OCH3 is 2. The molecule has 8 nitrogen and oxygen atoms in total. The van der Waals surface area contributed by atoms with Crippen molar-refractivity contribution in [2.24, 2.45) is 5.92 Å². The molecule has 0 spiro atoms. The van der Waals surface area contributed by atoms with Crippen LogP contribution in [-0.4, -0.2) is 66.5 Å². The van der Waals surface area contributed by atoms with Gasteiger partial charge in [-0.25, -0.2) is 0 Å². The fourth-order valence-electron chi connectivity index (χ4n) is 3.81. The number of rotatable bonds is 15. The van der Waals surface area contributed by atoms with Gasteiger partial charge in [-0.2, -0.15) is 0 Å². The summed E-state index contributed by atoms with van der Waals surface area (Å²) in [5.41, 5.74) is 0. The molecule has 0 aliphatic carbocycles. The number of Topliss-reactive ketones (excluding diaryl/α,β-unsaturated/α-hetero) is 1. The summed E-state index contributed by atoms with van der Waals surface area (Å²) in [6.07, 6.45) is 7.41. The molecule has 1 amide bonds. The predicted octanol–water partition coefficient (Wildman–Crippen LogP) is 2.40. The van der Waals surface area contributed by atoms with Crippen molar-refractivity contribution in [2.75, 3.05) is 20.8 Å². The van der Waals surface area contributed by atoms with Crippen LogP contribution < -0.4 is 0 Å². The highest BCUT2D eigenvalue weighted by molar-refractivity contribution is 6.22. The number of hydrogen-bond donors (Lipinski definition) is 1. The second-order valence-electron chi connectivity index (χ2n) is 7.87. The molecule has 1 N–H and O–H groups in total. The molecular formula is C22H37NO7. The van der Waals surface area contributed by atoms with E-state index in [9.17, 15) is 24.3 Å². The molecule has 1 fully saturated rings. The standard InChI is InChI=1S/C22H37NO7/c1-4-5-8-11-16(24)14-15-23-17(12-9-6-7-10-13-18(25)29-2)20(26)19(21(23)27)22(28)30-3/h16-17,19,24H,4-15H2,1-3H3. The maximum absolute atomic E-state index is 12.7. The fraction of sp³-hybridized carbons (Fsp3) is 0.818. The first-order valence-electron chi connectivity index (χ1n) is 11.0. The second-order valence-corrected chi connectivity index (χ2v) is 7.87. The van der Waals surface area contributed by atoms with Crippen molar-refractivity contribution in [1.82, 2.24) is 4.90 Å². The normalized spacial score (nSPS) is 19.8. The summed E-state index contributed by atoms with van der Waals surface area (Å²) in [5, 5.41) is 10.2. The highest BCUT2D eigenvalue weighted by Crippen LogP contribution is 2.27. The second kappa shape index (κ2) is 14.1. The van der Waals surface area contributed by atoms with E-state index >= 15 is 0 Å². The van der Waals surface area contributed by atoms with Gasteiger partial charge in [-0.05, 0) is 25.7 Å². The minimum Gasteiger partial charge on any atom is -0.469 e. The fourth-order valence-corrected chi connectivity index (χ4v) is 3.81. The lowest BCUT2D eigenvalue weighted by Crippen LogP contribution is -2.37. The average Bonchev–Trinajstić information content (AvgIpc) is 2.97. The maximum Gasteiger partial charge on any atom is 0.325 e. The molecule has 0 aromatic heterocycles. The molecule has 0 bridgehead atoms. The summed E-state index contributed by atoms with van der Waals surface area (Å²) in [4.78, 5) is 50.0. The number of unbranched alkanes of at least 4 members (excludes halogenated alkanes) is 5. The Balaban J connectivity index is 2.61. The first kappa shape index (κ1) is 26.1. The third-order valence-electron chi connectivity index (χ3n) is 5.64. The van der Waals surface area contributed by atoms with E-state index in [1.807, 2.05) is 0 Å². The molecule has 1 saturated heterocycles. The van der Waals surface area contributed by atoms with Crippen LogP contribution in [0.1, 0.15) is 77.6 Å². The van der Waals surface area contributed by atoms with Gasteiger partial charge in [0.2, 0.25) is 5.91 Å². The van der Waals surface area contributed by atoms with Gasteiger partial charge >= 0.3 is 11.9 Å². The third-order valence-corrected chi connectivity index (χ3v) is 5.64. The van der Waals surface area contributed by atoms with Gasteiger partial charge in [0.15, 0.2) is 11.7 Å². The van der Waals surface area contributed by atoms with Crippen molar-refractivity contribution < 1.29 is 33.8 Å². The minimum absolute atomic E-state index is 0.240. The Kier molecular flexibility index (Phi) is 12.3. The molecule has 30 heavy (non-hydrogen) atoms. The highest BCUT2D eigenvalue weighted by atomic mass is 16.5. The number of aliphatic hydroxyl groups is 1. The number of esters is 2. The first-order valence-corrected chi connectivity index (χ1v) is 11.0. The van der Waals surface area contributed by atoms with Crippen molar-refractivity contribution in [3.05, 3.63) is 0 Å². The molecule has 3 unspecified atom stereocenters. The molecule has 1 heterocycles. The van der Waals surface area contributed by atoms with Gasteiger partial charge in [0, 0.05) is 13.0 Å². The molecule has 1 rings (SSSR count). The maximum atomic E-state index is 12.7. The monoisotopic (exact) mass is 427 g/mol. The van der Waals surface area contributed by atoms with Crippen molar-refractivity contribution in [2.45, 2.75) is 89.7 Å². The Morgan fingerprint density at radius 2 is 1.70 bits per heavy atom. The zero-order valence-electron chi connectivity index (χ0n) is 18.6. The van der Waals surface area contributed by atoms with Crippen LogP contribution in [0.2, 0.25) is 0 Å². The summed E-state index contributed by atoms with van der Waals surface area (Å²) < 4.78 is 9.26. The van der Waals surface area contributed by atoms with Crippen LogP contribution in [-0.2, 0) is 28.7 Å². The molecule has 0 saturated carbocycles. The SMILES string of the molecule is CCCCCC(O)CCN1C(=O)C(C(=O)OC)C(=O)C1CCCCCCC(=O)OC. The van der Waals surface area contributed by atoms with Crippen molar-refractivity contribution >= 4 is 23.6 Å². The molecule has 0 aromatic rings. The molecule has 0 aromatic carbocycles. The number of hydrogen-bond acceptors (Lipinski definition) is 7. The van der Waals surface area contributed by atoms with Crippen LogP contribution in [0, 0.1) is 5.92 Å². The van der Waals surface area contributed by atoms with E-state index < -0.39 is 35.7 Å². The number of ketones is 1.